The van der Waals surface area contributed by atoms with E-state index in [0.717, 1.165) is 89.7 Å². The highest BCUT2D eigenvalue weighted by atomic mass is 16.2. The minimum absolute atomic E-state index is 0.190. The lowest BCUT2D eigenvalue weighted by Gasteiger charge is -2.43. The van der Waals surface area contributed by atoms with Crippen molar-refractivity contribution in [3.8, 4) is 0 Å². The van der Waals surface area contributed by atoms with Gasteiger partial charge in [-0.3, -0.25) is 9.69 Å². The number of carbonyl (C=O) groups excluding carboxylic acids is 1. The van der Waals surface area contributed by atoms with Gasteiger partial charge in [-0.1, -0.05) is 0 Å². The number of likely N-dealkylation sites (tertiary alicyclic amines) is 1. The quantitative estimate of drug-likeness (QED) is 0.779. The molecule has 0 N–H and O–H groups in total. The van der Waals surface area contributed by atoms with Gasteiger partial charge >= 0.3 is 0 Å². The number of carbonyl (C=O) groups is 1. The van der Waals surface area contributed by atoms with Gasteiger partial charge in [0.1, 0.15) is 0 Å². The Morgan fingerprint density at radius 3 is 2.50 bits per heavy atom. The highest BCUT2D eigenvalue weighted by Gasteiger charge is 2.34. The molecule has 1 aromatic rings. The summed E-state index contributed by atoms with van der Waals surface area (Å²) in [5.41, 5.74) is 1.02. The average Bonchev–Trinajstić information content (AvgIpc) is 2.74. The molecule has 1 unspecified atom stereocenters. The van der Waals surface area contributed by atoms with Crippen LogP contribution in [-0.4, -0.2) is 96.0 Å². The van der Waals surface area contributed by atoms with Gasteiger partial charge in [-0.05, 0) is 52.3 Å². The Morgan fingerprint density at radius 1 is 1.04 bits per heavy atom. The number of likely N-dealkylation sites (N-methyl/N-ethyl adjacent to an activating group) is 1. The van der Waals surface area contributed by atoms with Crippen molar-refractivity contribution in [1.29, 1.82) is 0 Å². The summed E-state index contributed by atoms with van der Waals surface area (Å²) in [7, 11) is 2.14. The molecule has 3 fully saturated rings. The average molecular weight is 387 g/mol. The van der Waals surface area contributed by atoms with Gasteiger partial charge in [0.2, 0.25) is 11.9 Å². The second-order valence-corrected chi connectivity index (χ2v) is 8.68. The molecule has 1 atom stereocenters. The molecule has 4 rings (SSSR count). The normalized spacial score (nSPS) is 25.9. The summed E-state index contributed by atoms with van der Waals surface area (Å²) in [6.07, 6.45) is 6.31. The van der Waals surface area contributed by atoms with E-state index in [9.17, 15) is 4.79 Å². The molecule has 154 valence electrons. The molecular weight excluding hydrogens is 352 g/mol. The van der Waals surface area contributed by atoms with Crippen LogP contribution in [-0.2, 0) is 4.79 Å². The number of hydrogen-bond acceptors (Lipinski definition) is 6. The number of aromatic nitrogens is 2. The monoisotopic (exact) mass is 386 g/mol. The van der Waals surface area contributed by atoms with E-state index in [1.165, 1.54) is 0 Å². The molecule has 0 spiro atoms. The molecule has 1 aromatic heterocycles. The summed E-state index contributed by atoms with van der Waals surface area (Å²) < 4.78 is 0. The molecule has 0 aliphatic carbocycles. The third kappa shape index (κ3) is 4.46. The van der Waals surface area contributed by atoms with E-state index in [0.29, 0.717) is 11.9 Å². The van der Waals surface area contributed by atoms with E-state index < -0.39 is 0 Å². The maximum absolute atomic E-state index is 13.0. The number of amides is 1. The predicted octanol–water partition coefficient (Wildman–Crippen LogP) is 1.24. The highest BCUT2D eigenvalue weighted by Crippen LogP contribution is 2.26. The fraction of sp³-hybridized carbons (Fsp3) is 0.762. The van der Waals surface area contributed by atoms with Crippen molar-refractivity contribution in [1.82, 2.24) is 24.7 Å². The van der Waals surface area contributed by atoms with E-state index in [1.807, 2.05) is 19.2 Å². The third-order valence-corrected chi connectivity index (χ3v) is 6.66. The van der Waals surface area contributed by atoms with Crippen molar-refractivity contribution in [3.63, 3.8) is 0 Å². The van der Waals surface area contributed by atoms with E-state index in [1.54, 1.807) is 0 Å². The lowest BCUT2D eigenvalue weighted by atomic mass is 9.92. The fourth-order valence-electron chi connectivity index (χ4n) is 4.84. The van der Waals surface area contributed by atoms with Gasteiger partial charge in [0.05, 0.1) is 5.92 Å². The molecule has 3 saturated heterocycles. The Labute approximate surface area is 168 Å². The molecule has 7 heteroatoms. The number of piperazine rings is 1. The zero-order chi connectivity index (χ0) is 19.5. The first kappa shape index (κ1) is 19.6. The Morgan fingerprint density at radius 2 is 1.79 bits per heavy atom. The molecule has 3 aliphatic rings. The van der Waals surface area contributed by atoms with Gasteiger partial charge < -0.3 is 14.7 Å². The predicted molar refractivity (Wildman–Crippen MR) is 110 cm³/mol. The lowest BCUT2D eigenvalue weighted by Crippen LogP contribution is -2.54. The van der Waals surface area contributed by atoms with Crippen molar-refractivity contribution in [2.45, 2.75) is 38.6 Å². The first-order chi connectivity index (χ1) is 13.6. The summed E-state index contributed by atoms with van der Waals surface area (Å²) in [5, 5.41) is 0. The Kier molecular flexibility index (Phi) is 6.11. The molecule has 3 aliphatic heterocycles. The smallest absolute Gasteiger partial charge is 0.227 e. The van der Waals surface area contributed by atoms with Gasteiger partial charge in [-0.15, -0.1) is 0 Å². The number of piperidine rings is 2. The molecule has 4 heterocycles. The maximum atomic E-state index is 13.0. The lowest BCUT2D eigenvalue weighted by molar-refractivity contribution is -0.139. The van der Waals surface area contributed by atoms with Crippen LogP contribution >= 0.6 is 0 Å². The number of rotatable bonds is 3. The molecule has 0 saturated carbocycles. The van der Waals surface area contributed by atoms with E-state index >= 15 is 0 Å². The molecule has 0 bridgehead atoms. The largest absolute Gasteiger partial charge is 0.341 e. The van der Waals surface area contributed by atoms with Crippen molar-refractivity contribution in [2.24, 2.45) is 5.92 Å². The summed E-state index contributed by atoms with van der Waals surface area (Å²) in [6, 6.07) is 2.53. The van der Waals surface area contributed by atoms with Crippen molar-refractivity contribution in [3.05, 3.63) is 18.0 Å². The number of anilines is 1. The van der Waals surface area contributed by atoms with Crippen LogP contribution in [0.15, 0.2) is 12.3 Å². The zero-order valence-electron chi connectivity index (χ0n) is 17.4. The minimum Gasteiger partial charge on any atom is -0.341 e. The van der Waals surface area contributed by atoms with Gasteiger partial charge in [0.25, 0.3) is 0 Å². The van der Waals surface area contributed by atoms with Crippen LogP contribution in [0.1, 0.15) is 31.4 Å². The van der Waals surface area contributed by atoms with Crippen LogP contribution in [0.2, 0.25) is 0 Å². The number of aryl methyl sites for hydroxylation is 1. The first-order valence-electron chi connectivity index (χ1n) is 10.9. The second kappa shape index (κ2) is 8.74. The Hall–Kier alpha value is -1.73. The van der Waals surface area contributed by atoms with Crippen molar-refractivity contribution < 1.29 is 4.79 Å². The third-order valence-electron chi connectivity index (χ3n) is 6.66. The van der Waals surface area contributed by atoms with E-state index in [2.05, 4.69) is 36.6 Å². The SMILES string of the molecule is Cc1ccnc(N2CCC(N3CCCC(C(=O)N4CCN(C)CC4)C3)CC2)n1. The summed E-state index contributed by atoms with van der Waals surface area (Å²) >= 11 is 0. The fourth-order valence-corrected chi connectivity index (χ4v) is 4.84. The van der Waals surface area contributed by atoms with Crippen molar-refractivity contribution in [2.75, 3.05) is 64.3 Å². The van der Waals surface area contributed by atoms with E-state index in [-0.39, 0.29) is 5.92 Å². The van der Waals surface area contributed by atoms with Crippen LogP contribution in [0.5, 0.6) is 0 Å². The zero-order valence-corrected chi connectivity index (χ0v) is 17.4. The van der Waals surface area contributed by atoms with Crippen LogP contribution in [0, 0.1) is 12.8 Å². The van der Waals surface area contributed by atoms with Crippen LogP contribution in [0.3, 0.4) is 0 Å². The van der Waals surface area contributed by atoms with Crippen molar-refractivity contribution >= 4 is 11.9 Å². The van der Waals surface area contributed by atoms with Crippen LogP contribution in [0.4, 0.5) is 5.95 Å². The molecule has 1 amide bonds. The maximum Gasteiger partial charge on any atom is 0.227 e. The van der Waals surface area contributed by atoms with Gasteiger partial charge in [0.15, 0.2) is 0 Å². The summed E-state index contributed by atoms with van der Waals surface area (Å²) in [5.74, 6) is 1.44. The van der Waals surface area contributed by atoms with Gasteiger partial charge in [0, 0.05) is 63.7 Å². The minimum atomic E-state index is 0.190. The molecular formula is C21H34N6O. The number of hydrogen-bond donors (Lipinski definition) is 0. The number of nitrogens with zero attached hydrogens (tertiary/aromatic N) is 6. The standard InChI is InChI=1S/C21H34N6O/c1-17-5-8-22-21(23-17)26-10-6-19(7-11-26)27-9-3-4-18(16-27)20(28)25-14-12-24(2)13-15-25/h5,8,18-19H,3-4,6-7,9-16H2,1-2H3. The van der Waals surface area contributed by atoms with Crippen LogP contribution in [0.25, 0.3) is 0 Å². The molecule has 0 aromatic carbocycles. The second-order valence-electron chi connectivity index (χ2n) is 8.68. The van der Waals surface area contributed by atoms with Gasteiger partial charge in [-0.2, -0.15) is 0 Å². The van der Waals surface area contributed by atoms with E-state index in [4.69, 9.17) is 0 Å². The summed E-state index contributed by atoms with van der Waals surface area (Å²) in [6.45, 7) is 9.88. The Balaban J connectivity index is 1.30. The molecule has 28 heavy (non-hydrogen) atoms. The Bertz CT molecular complexity index is 667. The molecule has 0 radical (unpaired) electrons. The topological polar surface area (TPSA) is 55.8 Å². The highest BCUT2D eigenvalue weighted by molar-refractivity contribution is 5.79. The van der Waals surface area contributed by atoms with Gasteiger partial charge in [-0.25, -0.2) is 9.97 Å². The summed E-state index contributed by atoms with van der Waals surface area (Å²) in [4.78, 5) is 31.3. The first-order valence-corrected chi connectivity index (χ1v) is 10.9. The molecule has 7 nitrogen and oxygen atoms in total. The van der Waals surface area contributed by atoms with Crippen LogP contribution < -0.4 is 4.90 Å².